The van der Waals surface area contributed by atoms with Gasteiger partial charge in [0.15, 0.2) is 0 Å². The summed E-state index contributed by atoms with van der Waals surface area (Å²) in [5.74, 6) is 0. The lowest BCUT2D eigenvalue weighted by Gasteiger charge is -2.24. The molecule has 0 aliphatic heterocycles. The molecule has 1 heterocycles. The third-order valence-electron chi connectivity index (χ3n) is 2.51. The number of aliphatic hydroxyl groups is 1. The Morgan fingerprint density at radius 2 is 1.89 bits per heavy atom. The number of thiophene rings is 1. The first-order valence-electron chi connectivity index (χ1n) is 5.81. The van der Waals surface area contributed by atoms with Crippen molar-refractivity contribution in [1.29, 1.82) is 0 Å². The second-order valence-corrected chi connectivity index (χ2v) is 7.19. The molecule has 0 spiro atoms. The van der Waals surface area contributed by atoms with E-state index in [2.05, 4.69) is 0 Å². The summed E-state index contributed by atoms with van der Waals surface area (Å²) in [4.78, 5) is 0. The average molecular weight is 297 g/mol. The van der Waals surface area contributed by atoms with Gasteiger partial charge in [0.25, 0.3) is 10.0 Å². The van der Waals surface area contributed by atoms with Gasteiger partial charge >= 0.3 is 0 Å². The molecule has 1 N–H and O–H groups in total. The molecule has 0 bridgehead atoms. The number of rotatable bonds is 5. The van der Waals surface area contributed by atoms with Crippen LogP contribution in [0.4, 0.5) is 5.69 Å². The van der Waals surface area contributed by atoms with Crippen molar-refractivity contribution < 1.29 is 13.5 Å². The molecular formula is C13H15NO3S2. The first kappa shape index (κ1) is 14.0. The van der Waals surface area contributed by atoms with E-state index in [-0.39, 0.29) is 10.8 Å². The second-order valence-electron chi connectivity index (χ2n) is 4.15. The van der Waals surface area contributed by atoms with Gasteiger partial charge in [-0.25, -0.2) is 8.42 Å². The van der Waals surface area contributed by atoms with Crippen LogP contribution in [0.3, 0.4) is 0 Å². The van der Waals surface area contributed by atoms with E-state index in [1.807, 2.05) is 6.07 Å². The molecule has 0 saturated carbocycles. The molecule has 0 fully saturated rings. The molecule has 19 heavy (non-hydrogen) atoms. The minimum atomic E-state index is -3.61. The zero-order valence-electron chi connectivity index (χ0n) is 10.4. The molecule has 1 aromatic heterocycles. The van der Waals surface area contributed by atoms with Gasteiger partial charge in [-0.3, -0.25) is 4.31 Å². The Bertz CT molecular complexity index is 607. The number of hydrogen-bond acceptors (Lipinski definition) is 4. The van der Waals surface area contributed by atoms with E-state index >= 15 is 0 Å². The van der Waals surface area contributed by atoms with Gasteiger partial charge in [-0.15, -0.1) is 11.3 Å². The normalized spacial score (nSPS) is 13.2. The molecule has 1 aromatic carbocycles. The van der Waals surface area contributed by atoms with E-state index in [1.165, 1.54) is 15.6 Å². The van der Waals surface area contributed by atoms with E-state index in [0.717, 1.165) is 0 Å². The molecule has 0 amide bonds. The van der Waals surface area contributed by atoms with Gasteiger partial charge < -0.3 is 5.11 Å². The second kappa shape index (κ2) is 5.73. The predicted octanol–water partition coefficient (Wildman–Crippen LogP) is 2.32. The Labute approximate surface area is 117 Å². The molecule has 1 unspecified atom stereocenters. The first-order chi connectivity index (χ1) is 9.01. The van der Waals surface area contributed by atoms with Crippen LogP contribution in [0.15, 0.2) is 52.1 Å². The Morgan fingerprint density at radius 1 is 1.21 bits per heavy atom. The van der Waals surface area contributed by atoms with Crippen LogP contribution in [-0.2, 0) is 10.0 Å². The van der Waals surface area contributed by atoms with Gasteiger partial charge in [-0.05, 0) is 30.5 Å². The largest absolute Gasteiger partial charge is 0.392 e. The summed E-state index contributed by atoms with van der Waals surface area (Å²) < 4.78 is 26.6. The van der Waals surface area contributed by atoms with E-state index in [1.54, 1.807) is 48.7 Å². The summed E-state index contributed by atoms with van der Waals surface area (Å²) in [5, 5.41) is 11.3. The number of nitrogens with zero attached hydrogens (tertiary/aromatic N) is 1. The predicted molar refractivity (Wildman–Crippen MR) is 77.0 cm³/mol. The summed E-state index contributed by atoms with van der Waals surface area (Å²) in [6, 6.07) is 12.1. The van der Waals surface area contributed by atoms with Gasteiger partial charge in [-0.1, -0.05) is 24.3 Å². The zero-order valence-corrected chi connectivity index (χ0v) is 12.1. The molecule has 102 valence electrons. The topological polar surface area (TPSA) is 57.6 Å². The molecule has 1 atom stereocenters. The van der Waals surface area contributed by atoms with Crippen LogP contribution in [0.5, 0.6) is 0 Å². The van der Waals surface area contributed by atoms with Crippen LogP contribution < -0.4 is 4.31 Å². The van der Waals surface area contributed by atoms with Crippen LogP contribution in [0.2, 0.25) is 0 Å². The number of sulfonamides is 1. The van der Waals surface area contributed by atoms with Crippen molar-refractivity contribution in [2.45, 2.75) is 17.2 Å². The van der Waals surface area contributed by atoms with Crippen molar-refractivity contribution in [1.82, 2.24) is 0 Å². The monoisotopic (exact) mass is 297 g/mol. The molecule has 4 nitrogen and oxygen atoms in total. The highest BCUT2D eigenvalue weighted by atomic mass is 32.2. The van der Waals surface area contributed by atoms with Gasteiger partial charge in [-0.2, -0.15) is 0 Å². The fourth-order valence-corrected chi connectivity index (χ4v) is 4.35. The lowest BCUT2D eigenvalue weighted by molar-refractivity contribution is 0.204. The van der Waals surface area contributed by atoms with E-state index < -0.39 is 16.1 Å². The van der Waals surface area contributed by atoms with E-state index in [9.17, 15) is 13.5 Å². The lowest BCUT2D eigenvalue weighted by atomic mass is 10.3. The van der Waals surface area contributed by atoms with Gasteiger partial charge in [0.1, 0.15) is 4.21 Å². The van der Waals surface area contributed by atoms with E-state index in [4.69, 9.17) is 0 Å². The molecule has 0 aliphatic carbocycles. The maximum atomic E-state index is 12.6. The Kier molecular flexibility index (Phi) is 4.24. The van der Waals surface area contributed by atoms with Crippen molar-refractivity contribution in [2.24, 2.45) is 0 Å². The fraction of sp³-hybridized carbons (Fsp3) is 0.231. The number of benzene rings is 1. The summed E-state index contributed by atoms with van der Waals surface area (Å²) in [6.07, 6.45) is -0.741. The highest BCUT2D eigenvalue weighted by Crippen LogP contribution is 2.26. The molecule has 0 radical (unpaired) electrons. The van der Waals surface area contributed by atoms with Crippen molar-refractivity contribution in [3.8, 4) is 0 Å². The van der Waals surface area contributed by atoms with Crippen LogP contribution >= 0.6 is 11.3 Å². The Balaban J connectivity index is 2.44. The highest BCUT2D eigenvalue weighted by molar-refractivity contribution is 7.94. The number of aliphatic hydroxyl groups excluding tert-OH is 1. The van der Waals surface area contributed by atoms with Crippen LogP contribution in [0.25, 0.3) is 0 Å². The average Bonchev–Trinajstić information content (AvgIpc) is 2.91. The minimum absolute atomic E-state index is 0.0320. The van der Waals surface area contributed by atoms with Gasteiger partial charge in [0.2, 0.25) is 0 Å². The minimum Gasteiger partial charge on any atom is -0.392 e. The Morgan fingerprint density at radius 3 is 2.42 bits per heavy atom. The lowest BCUT2D eigenvalue weighted by Crippen LogP contribution is -2.36. The van der Waals surface area contributed by atoms with Crippen molar-refractivity contribution in [3.05, 3.63) is 47.8 Å². The summed E-state index contributed by atoms with van der Waals surface area (Å²) in [7, 11) is -3.61. The smallest absolute Gasteiger partial charge is 0.273 e. The maximum absolute atomic E-state index is 12.6. The van der Waals surface area contributed by atoms with Gasteiger partial charge in [0, 0.05) is 0 Å². The summed E-state index contributed by atoms with van der Waals surface area (Å²) in [6.45, 7) is 1.60. The third kappa shape index (κ3) is 3.15. The highest BCUT2D eigenvalue weighted by Gasteiger charge is 2.26. The SMILES string of the molecule is CC(O)CN(c1ccccc1)S(=O)(=O)c1cccs1. The standard InChI is InChI=1S/C13H15NO3S2/c1-11(15)10-14(12-6-3-2-4-7-12)19(16,17)13-8-5-9-18-13/h2-9,11,15H,10H2,1H3. The van der Waals surface area contributed by atoms with Crippen LogP contribution in [0, 0.1) is 0 Å². The molecule has 2 aromatic rings. The van der Waals surface area contributed by atoms with Crippen molar-refractivity contribution in [2.75, 3.05) is 10.8 Å². The third-order valence-corrected chi connectivity index (χ3v) is 5.68. The molecular weight excluding hydrogens is 282 g/mol. The molecule has 2 rings (SSSR count). The summed E-state index contributed by atoms with van der Waals surface area (Å²) in [5.41, 5.74) is 0.553. The zero-order chi connectivity index (χ0) is 13.9. The van der Waals surface area contributed by atoms with Crippen molar-refractivity contribution >= 4 is 27.0 Å². The first-order valence-corrected chi connectivity index (χ1v) is 8.13. The van der Waals surface area contributed by atoms with Gasteiger partial charge in [0.05, 0.1) is 18.3 Å². The number of anilines is 1. The maximum Gasteiger partial charge on any atom is 0.273 e. The molecule has 0 aliphatic rings. The molecule has 0 saturated heterocycles. The van der Waals surface area contributed by atoms with Crippen molar-refractivity contribution in [3.63, 3.8) is 0 Å². The number of para-hydroxylation sites is 1. The number of hydrogen-bond donors (Lipinski definition) is 1. The quantitative estimate of drug-likeness (QED) is 0.921. The molecule has 6 heteroatoms. The summed E-state index contributed by atoms with van der Waals surface area (Å²) >= 11 is 1.17. The van der Waals surface area contributed by atoms with Crippen LogP contribution in [-0.4, -0.2) is 26.2 Å². The Hall–Kier alpha value is -1.37. The van der Waals surface area contributed by atoms with E-state index in [0.29, 0.717) is 5.69 Å². The fourth-order valence-electron chi connectivity index (χ4n) is 1.70. The van der Waals surface area contributed by atoms with Crippen LogP contribution in [0.1, 0.15) is 6.92 Å².